The van der Waals surface area contributed by atoms with Crippen LogP contribution in [0.2, 0.25) is 0 Å². The Bertz CT molecular complexity index is 1140. The maximum atomic E-state index is 13.9. The zero-order chi connectivity index (χ0) is 22.3. The molecule has 0 N–H and O–H groups in total. The highest BCUT2D eigenvalue weighted by molar-refractivity contribution is 7.89. The van der Waals surface area contributed by atoms with Crippen molar-refractivity contribution in [1.29, 1.82) is 0 Å². The fourth-order valence-corrected chi connectivity index (χ4v) is 4.61. The predicted octanol–water partition coefficient (Wildman–Crippen LogP) is 4.06. The number of rotatable bonds is 5. The van der Waals surface area contributed by atoms with Gasteiger partial charge in [0.05, 0.1) is 11.8 Å². The molecule has 162 valence electrons. The molecule has 0 aliphatic heterocycles. The molecule has 30 heavy (non-hydrogen) atoms. The van der Waals surface area contributed by atoms with Crippen molar-refractivity contribution in [2.24, 2.45) is 0 Å². The number of hydrogen-bond acceptors (Lipinski definition) is 4. The average molecular weight is 452 g/mol. The quantitative estimate of drug-likeness (QED) is 0.548. The predicted molar refractivity (Wildman–Crippen MR) is 92.8 cm³/mol. The number of aromatic nitrogens is 3. The lowest BCUT2D eigenvalue weighted by molar-refractivity contribution is -0.173. The van der Waals surface area contributed by atoms with Gasteiger partial charge in [-0.1, -0.05) is 19.1 Å². The van der Waals surface area contributed by atoms with Gasteiger partial charge >= 0.3 is 12.4 Å². The Morgan fingerprint density at radius 1 is 1.07 bits per heavy atom. The van der Waals surface area contributed by atoms with Gasteiger partial charge in [-0.15, -0.1) is 0 Å². The van der Waals surface area contributed by atoms with Crippen LogP contribution in [-0.2, 0) is 16.2 Å². The highest BCUT2D eigenvalue weighted by atomic mass is 32.2. The minimum absolute atomic E-state index is 0.102. The number of fused-ring (bicyclic) bond motifs is 1. The Morgan fingerprint density at radius 2 is 1.70 bits per heavy atom. The normalized spacial score (nSPS) is 14.4. The van der Waals surface area contributed by atoms with E-state index in [1.165, 1.54) is 25.3 Å². The third kappa shape index (κ3) is 3.99. The van der Waals surface area contributed by atoms with Gasteiger partial charge in [0.25, 0.3) is 10.0 Å². The molecule has 0 fully saturated rings. The van der Waals surface area contributed by atoms with E-state index < -0.39 is 51.1 Å². The monoisotopic (exact) mass is 452 g/mol. The molecule has 0 radical (unpaired) electrons. The lowest BCUT2D eigenvalue weighted by Crippen LogP contribution is -2.42. The van der Waals surface area contributed by atoms with E-state index in [0.29, 0.717) is 24.3 Å². The summed E-state index contributed by atoms with van der Waals surface area (Å²) in [5.74, 6) is 0. The number of imidazole rings is 1. The van der Waals surface area contributed by atoms with Crippen LogP contribution in [0.3, 0.4) is 0 Å². The maximum Gasteiger partial charge on any atom is 0.416 e. The summed E-state index contributed by atoms with van der Waals surface area (Å²) >= 11 is 0. The van der Waals surface area contributed by atoms with E-state index in [9.17, 15) is 34.8 Å². The van der Waals surface area contributed by atoms with Crippen LogP contribution in [0, 0.1) is 0 Å². The fraction of sp³-hybridized carbons (Fsp3) is 0.294. The molecule has 6 nitrogen and oxygen atoms in total. The Labute approximate surface area is 166 Å². The van der Waals surface area contributed by atoms with Gasteiger partial charge < -0.3 is 0 Å². The molecule has 0 spiro atoms. The highest BCUT2D eigenvalue weighted by Crippen LogP contribution is 2.41. The Balaban J connectivity index is 2.12. The van der Waals surface area contributed by atoms with E-state index in [4.69, 9.17) is 0 Å². The van der Waals surface area contributed by atoms with Gasteiger partial charge in [-0.2, -0.15) is 35.7 Å². The van der Waals surface area contributed by atoms with Crippen molar-refractivity contribution in [2.75, 3.05) is 6.54 Å². The zero-order valence-electron chi connectivity index (χ0n) is 15.2. The summed E-state index contributed by atoms with van der Waals surface area (Å²) in [6.45, 7) is 0.588. The summed E-state index contributed by atoms with van der Waals surface area (Å²) in [6.07, 6.45) is -7.73. The molecule has 1 atom stereocenters. The molecular formula is C17H14F6N4O2S. The summed E-state index contributed by atoms with van der Waals surface area (Å²) in [7, 11) is -4.77. The first-order valence-corrected chi connectivity index (χ1v) is 9.86. The fourth-order valence-electron chi connectivity index (χ4n) is 2.97. The van der Waals surface area contributed by atoms with Crippen LogP contribution >= 0.6 is 0 Å². The van der Waals surface area contributed by atoms with Crippen LogP contribution in [0.5, 0.6) is 0 Å². The summed E-state index contributed by atoms with van der Waals surface area (Å²) < 4.78 is 107. The minimum atomic E-state index is -5.10. The van der Waals surface area contributed by atoms with Crippen LogP contribution in [0.15, 0.2) is 53.8 Å². The lowest BCUT2D eigenvalue weighted by atomic mass is 10.0. The second-order valence-electron chi connectivity index (χ2n) is 6.16. The van der Waals surface area contributed by atoms with Crippen molar-refractivity contribution in [1.82, 2.24) is 18.9 Å². The van der Waals surface area contributed by atoms with E-state index in [1.807, 2.05) is 0 Å². The Morgan fingerprint density at radius 3 is 2.23 bits per heavy atom. The molecule has 0 aliphatic rings. The van der Waals surface area contributed by atoms with Gasteiger partial charge in [0.15, 0.2) is 10.7 Å². The first-order valence-electron chi connectivity index (χ1n) is 8.42. The SMILES string of the molecule is CCN([C@H](c1ccc(C(F)(F)F)cc1)C(F)(F)F)S(=O)(=O)c1cnc2cccnn12. The summed E-state index contributed by atoms with van der Waals surface area (Å²) in [5, 5.41) is 3.20. The molecule has 0 saturated heterocycles. The Kier molecular flexibility index (Phi) is 5.54. The molecule has 1 aromatic carbocycles. The van der Waals surface area contributed by atoms with Crippen molar-refractivity contribution in [3.8, 4) is 0 Å². The smallest absolute Gasteiger partial charge is 0.234 e. The van der Waals surface area contributed by atoms with E-state index >= 15 is 0 Å². The van der Waals surface area contributed by atoms with Crippen molar-refractivity contribution in [3.05, 3.63) is 59.9 Å². The van der Waals surface area contributed by atoms with Crippen molar-refractivity contribution < 1.29 is 34.8 Å². The topological polar surface area (TPSA) is 67.6 Å². The van der Waals surface area contributed by atoms with Gasteiger partial charge in [-0.25, -0.2) is 17.9 Å². The standard InChI is InChI=1S/C17H14F6N4O2S/c1-2-26(30(28,29)14-10-24-13-4-3-9-25-27(13)14)15(17(21,22)23)11-5-7-12(8-6-11)16(18,19)20/h3-10,15H,2H2,1H3/t15-/m1/s1. The van der Waals surface area contributed by atoms with Crippen molar-refractivity contribution in [3.63, 3.8) is 0 Å². The van der Waals surface area contributed by atoms with Crippen LogP contribution in [0.25, 0.3) is 5.65 Å². The van der Waals surface area contributed by atoms with E-state index in [0.717, 1.165) is 10.7 Å². The van der Waals surface area contributed by atoms with E-state index in [-0.39, 0.29) is 9.95 Å². The third-order valence-corrected chi connectivity index (χ3v) is 6.18. The largest absolute Gasteiger partial charge is 0.416 e. The molecule has 0 aliphatic carbocycles. The van der Waals surface area contributed by atoms with Gasteiger partial charge in [0.1, 0.15) is 6.04 Å². The molecule has 13 heteroatoms. The van der Waals surface area contributed by atoms with Crippen molar-refractivity contribution >= 4 is 15.7 Å². The van der Waals surface area contributed by atoms with E-state index in [1.54, 1.807) is 0 Å². The maximum absolute atomic E-state index is 13.9. The number of nitrogens with zero attached hydrogens (tertiary/aromatic N) is 4. The first-order chi connectivity index (χ1) is 13.9. The van der Waals surface area contributed by atoms with Crippen LogP contribution in [0.4, 0.5) is 26.3 Å². The second kappa shape index (κ2) is 7.54. The van der Waals surface area contributed by atoms with Gasteiger partial charge in [0.2, 0.25) is 0 Å². The van der Waals surface area contributed by atoms with E-state index in [2.05, 4.69) is 10.1 Å². The summed E-state index contributed by atoms with van der Waals surface area (Å²) in [6, 6.07) is 2.37. The number of halogens is 6. The average Bonchev–Trinajstić information content (AvgIpc) is 3.09. The molecule has 0 amide bonds. The summed E-state index contributed by atoms with van der Waals surface area (Å²) in [5.41, 5.74) is -1.70. The highest BCUT2D eigenvalue weighted by Gasteiger charge is 2.49. The molecule has 3 aromatic rings. The van der Waals surface area contributed by atoms with Crippen molar-refractivity contribution in [2.45, 2.75) is 30.3 Å². The van der Waals surface area contributed by atoms with Crippen LogP contribution in [-0.4, -0.2) is 40.0 Å². The first kappa shape index (κ1) is 22.0. The number of sulfonamides is 1. The second-order valence-corrected chi connectivity index (χ2v) is 8.00. The molecule has 3 rings (SSSR count). The number of benzene rings is 1. The summed E-state index contributed by atoms with van der Waals surface area (Å²) in [4.78, 5) is 3.82. The molecule has 0 unspecified atom stereocenters. The number of hydrogen-bond donors (Lipinski definition) is 0. The van der Waals surface area contributed by atoms with Crippen LogP contribution in [0.1, 0.15) is 24.1 Å². The van der Waals surface area contributed by atoms with Gasteiger partial charge in [-0.3, -0.25) is 0 Å². The van der Waals surface area contributed by atoms with Gasteiger partial charge in [-0.05, 0) is 29.8 Å². The number of alkyl halides is 6. The Hall–Kier alpha value is -2.67. The third-order valence-electron chi connectivity index (χ3n) is 4.28. The van der Waals surface area contributed by atoms with Gasteiger partial charge in [0, 0.05) is 12.7 Å². The van der Waals surface area contributed by atoms with Crippen LogP contribution < -0.4 is 0 Å². The molecule has 2 aromatic heterocycles. The lowest BCUT2D eigenvalue weighted by Gasteiger charge is -2.31. The molecule has 0 saturated carbocycles. The molecular weight excluding hydrogens is 438 g/mol. The molecule has 2 heterocycles. The molecule has 0 bridgehead atoms. The minimum Gasteiger partial charge on any atom is -0.234 e. The zero-order valence-corrected chi connectivity index (χ0v) is 16.0.